The van der Waals surface area contributed by atoms with Crippen LogP contribution in [0.15, 0.2) is 42.5 Å². The van der Waals surface area contributed by atoms with Crippen LogP contribution >= 0.6 is 0 Å². The Kier molecular flexibility index (Phi) is 14.7. The maximum atomic E-state index is 12.2. The number of esters is 2. The molecule has 0 saturated heterocycles. The number of aliphatic hydroxyl groups is 2. The summed E-state index contributed by atoms with van der Waals surface area (Å²) in [5.74, 6) is -0.130. The van der Waals surface area contributed by atoms with Gasteiger partial charge in [0.05, 0.1) is 24.4 Å². The van der Waals surface area contributed by atoms with Crippen molar-refractivity contribution >= 4 is 11.9 Å². The smallest absolute Gasteiger partial charge is 0.335 e. The number of unbranched alkanes of at least 4 members (excludes halogenated alkanes) is 2. The van der Waals surface area contributed by atoms with Crippen LogP contribution in [0.5, 0.6) is 0 Å². The van der Waals surface area contributed by atoms with Crippen LogP contribution in [0.25, 0.3) is 0 Å². The van der Waals surface area contributed by atoms with E-state index >= 15 is 0 Å². The third-order valence-corrected chi connectivity index (χ3v) is 8.79. The van der Waals surface area contributed by atoms with Gasteiger partial charge in [0.1, 0.15) is 13.2 Å². The van der Waals surface area contributed by atoms with Gasteiger partial charge in [-0.2, -0.15) is 0 Å². The second-order valence-corrected chi connectivity index (χ2v) is 11.6. The summed E-state index contributed by atoms with van der Waals surface area (Å²) in [4.78, 5) is 24.4. The molecule has 6 nitrogen and oxygen atoms in total. The quantitative estimate of drug-likeness (QED) is 0.120. The first-order valence-corrected chi connectivity index (χ1v) is 15.3. The lowest BCUT2D eigenvalue weighted by Crippen LogP contribution is -2.35. The highest BCUT2D eigenvalue weighted by molar-refractivity contribution is 5.88. The third kappa shape index (κ3) is 10.2. The lowest BCUT2D eigenvalue weighted by molar-refractivity contribution is -0.150. The van der Waals surface area contributed by atoms with Crippen molar-refractivity contribution in [1.29, 1.82) is 0 Å². The molecule has 40 heavy (non-hydrogen) atoms. The van der Waals surface area contributed by atoms with Crippen molar-refractivity contribution in [1.82, 2.24) is 0 Å². The molecular weight excluding hydrogens is 504 g/mol. The topological polar surface area (TPSA) is 93.1 Å². The molecule has 0 bridgehead atoms. The first-order valence-electron chi connectivity index (χ1n) is 15.3. The van der Waals surface area contributed by atoms with Crippen molar-refractivity contribution in [2.24, 2.45) is 11.3 Å². The van der Waals surface area contributed by atoms with Gasteiger partial charge in [0.2, 0.25) is 0 Å². The average Bonchev–Trinajstić information content (AvgIpc) is 3.00. The minimum atomic E-state index is -0.644. The molecule has 1 saturated carbocycles. The van der Waals surface area contributed by atoms with E-state index in [9.17, 15) is 19.8 Å². The van der Waals surface area contributed by atoms with E-state index in [4.69, 9.17) is 9.47 Å². The predicted octanol–water partition coefficient (Wildman–Crippen LogP) is 6.62. The van der Waals surface area contributed by atoms with Crippen LogP contribution in [0.3, 0.4) is 0 Å². The van der Waals surface area contributed by atoms with Gasteiger partial charge in [0.15, 0.2) is 0 Å². The van der Waals surface area contributed by atoms with Crippen LogP contribution in [0, 0.1) is 11.3 Å². The number of benzene rings is 1. The van der Waals surface area contributed by atoms with Crippen LogP contribution in [-0.2, 0) is 31.9 Å². The van der Waals surface area contributed by atoms with Gasteiger partial charge in [0.25, 0.3) is 0 Å². The first-order chi connectivity index (χ1) is 19.2. The molecule has 6 heteroatoms. The zero-order valence-electron chi connectivity index (χ0n) is 25.1. The summed E-state index contributed by atoms with van der Waals surface area (Å²) in [5, 5.41) is 18.4. The van der Waals surface area contributed by atoms with Crippen molar-refractivity contribution in [2.45, 2.75) is 104 Å². The van der Waals surface area contributed by atoms with E-state index in [2.05, 4.69) is 45.2 Å². The summed E-state index contributed by atoms with van der Waals surface area (Å²) < 4.78 is 11.0. The van der Waals surface area contributed by atoms with Gasteiger partial charge in [-0.1, -0.05) is 65.0 Å². The molecular formula is C34H52O6. The molecule has 1 aliphatic rings. The lowest BCUT2D eigenvalue weighted by Gasteiger charge is -2.35. The zero-order valence-corrected chi connectivity index (χ0v) is 25.1. The molecule has 0 heterocycles. The van der Waals surface area contributed by atoms with Gasteiger partial charge < -0.3 is 19.7 Å². The summed E-state index contributed by atoms with van der Waals surface area (Å²) in [5.41, 5.74) is 3.92. The molecule has 1 aliphatic carbocycles. The summed E-state index contributed by atoms with van der Waals surface area (Å²) in [6.07, 6.45) is 13.0. The van der Waals surface area contributed by atoms with Crippen LogP contribution in [0.2, 0.25) is 0 Å². The summed E-state index contributed by atoms with van der Waals surface area (Å²) in [7, 11) is 0. The number of hydrogen-bond donors (Lipinski definition) is 2. The number of rotatable bonds is 18. The molecule has 0 aliphatic heterocycles. The minimum Gasteiger partial charge on any atom is -0.462 e. The largest absolute Gasteiger partial charge is 0.462 e. The molecule has 0 radical (unpaired) electrons. The SMILES string of the molecule is C=C(CO)C(=O)OCC(CC)(CCC1CCC(c2ccc(CCCCC)c(CC)c2)CC1)COC(=O)C(=C)CO. The van der Waals surface area contributed by atoms with Gasteiger partial charge in [0, 0.05) is 5.41 Å². The normalized spacial score (nSPS) is 17.3. The molecule has 0 aromatic heterocycles. The number of carbonyl (C=O) groups excluding carboxylic acids is 2. The highest BCUT2D eigenvalue weighted by atomic mass is 16.5. The van der Waals surface area contributed by atoms with Crippen LogP contribution in [0.4, 0.5) is 0 Å². The zero-order chi connectivity index (χ0) is 29.5. The fourth-order valence-corrected chi connectivity index (χ4v) is 5.67. The fraction of sp³-hybridized carbons (Fsp3) is 0.647. The summed E-state index contributed by atoms with van der Waals surface area (Å²) >= 11 is 0. The number of ether oxygens (including phenoxy) is 2. The number of aliphatic hydroxyl groups excluding tert-OH is 2. The van der Waals surface area contributed by atoms with E-state index in [-0.39, 0.29) is 24.4 Å². The Labute approximate surface area is 241 Å². The van der Waals surface area contributed by atoms with Crippen LogP contribution in [0.1, 0.15) is 108 Å². The average molecular weight is 557 g/mol. The molecule has 0 amide bonds. The lowest BCUT2D eigenvalue weighted by atomic mass is 9.73. The van der Waals surface area contributed by atoms with Gasteiger partial charge in [-0.25, -0.2) is 9.59 Å². The van der Waals surface area contributed by atoms with Gasteiger partial charge >= 0.3 is 11.9 Å². The van der Waals surface area contributed by atoms with Crippen molar-refractivity contribution in [3.8, 4) is 0 Å². The van der Waals surface area contributed by atoms with Crippen LogP contribution in [-0.4, -0.2) is 48.6 Å². The van der Waals surface area contributed by atoms with E-state index in [1.807, 2.05) is 6.92 Å². The minimum absolute atomic E-state index is 0.00537. The summed E-state index contributed by atoms with van der Waals surface area (Å²) in [6.45, 7) is 12.8. The second-order valence-electron chi connectivity index (χ2n) is 11.6. The summed E-state index contributed by atoms with van der Waals surface area (Å²) in [6, 6.07) is 7.18. The maximum Gasteiger partial charge on any atom is 0.335 e. The fourth-order valence-electron chi connectivity index (χ4n) is 5.67. The number of hydrogen-bond acceptors (Lipinski definition) is 6. The standard InChI is InChI=1S/C34H52O6/c1-6-9-10-11-29-16-17-31(20-28(29)7-2)30-14-12-27(13-15-30)18-19-34(8-3,23-39-32(37)25(4)21-35)24-40-33(38)26(5)22-36/h16-17,20,27,30,35-36H,4-15,18-19,21-24H2,1-3H3. The highest BCUT2D eigenvalue weighted by Gasteiger charge is 2.34. The van der Waals surface area contributed by atoms with Gasteiger partial charge in [-0.3, -0.25) is 0 Å². The Morgan fingerprint density at radius 3 is 2.00 bits per heavy atom. The van der Waals surface area contributed by atoms with E-state index in [1.54, 1.807) is 0 Å². The Morgan fingerprint density at radius 2 is 1.50 bits per heavy atom. The van der Waals surface area contributed by atoms with Crippen molar-refractivity contribution in [3.05, 3.63) is 59.2 Å². The number of aryl methyl sites for hydroxylation is 2. The second kappa shape index (κ2) is 17.4. The molecule has 2 rings (SSSR count). The highest BCUT2D eigenvalue weighted by Crippen LogP contribution is 2.41. The third-order valence-electron chi connectivity index (χ3n) is 8.79. The molecule has 0 spiro atoms. The predicted molar refractivity (Wildman–Crippen MR) is 160 cm³/mol. The molecule has 1 aromatic rings. The van der Waals surface area contributed by atoms with Crippen molar-refractivity contribution < 1.29 is 29.3 Å². The van der Waals surface area contributed by atoms with Crippen LogP contribution < -0.4 is 0 Å². The van der Waals surface area contributed by atoms with Crippen molar-refractivity contribution in [3.63, 3.8) is 0 Å². The Bertz CT molecular complexity index is 941. The maximum absolute atomic E-state index is 12.2. The molecule has 1 aromatic carbocycles. The first kappa shape index (κ1) is 33.8. The Morgan fingerprint density at radius 1 is 0.900 bits per heavy atom. The van der Waals surface area contributed by atoms with Gasteiger partial charge in [-0.05, 0) is 92.7 Å². The monoisotopic (exact) mass is 556 g/mol. The molecule has 1 fully saturated rings. The van der Waals surface area contributed by atoms with Gasteiger partial charge in [-0.15, -0.1) is 0 Å². The molecule has 0 atom stereocenters. The van der Waals surface area contributed by atoms with E-state index in [0.717, 1.165) is 32.1 Å². The molecule has 224 valence electrons. The molecule has 2 N–H and O–H groups in total. The number of carbonyl (C=O) groups is 2. The van der Waals surface area contributed by atoms with E-state index in [0.29, 0.717) is 18.3 Å². The molecule has 0 unspecified atom stereocenters. The van der Waals surface area contributed by atoms with Crippen molar-refractivity contribution in [2.75, 3.05) is 26.4 Å². The Hall–Kier alpha value is -2.44. The van der Waals surface area contributed by atoms with E-state index < -0.39 is 30.6 Å². The Balaban J connectivity index is 2.00. The van der Waals surface area contributed by atoms with E-state index in [1.165, 1.54) is 55.2 Å².